The quantitative estimate of drug-likeness (QED) is 0.716. The molecule has 0 radical (unpaired) electrons. The molecule has 1 aliphatic heterocycles. The van der Waals surface area contributed by atoms with Crippen LogP contribution in [0.2, 0.25) is 0 Å². The lowest BCUT2D eigenvalue weighted by molar-refractivity contribution is -0.139. The molecule has 0 bridgehead atoms. The molecule has 1 fully saturated rings. The Morgan fingerprint density at radius 2 is 2.00 bits per heavy atom. The van der Waals surface area contributed by atoms with Gasteiger partial charge in [-0.3, -0.25) is 4.79 Å². The van der Waals surface area contributed by atoms with Gasteiger partial charge in [0.1, 0.15) is 11.8 Å². The van der Waals surface area contributed by atoms with Crippen LogP contribution < -0.4 is 5.32 Å². The molecule has 2 atom stereocenters. The molecular formula is C12H15NO3. The highest BCUT2D eigenvalue weighted by molar-refractivity contribution is 5.73. The Hall–Kier alpha value is -1.55. The predicted octanol–water partition coefficient (Wildman–Crippen LogP) is 1.14. The van der Waals surface area contributed by atoms with Gasteiger partial charge in [0.15, 0.2) is 0 Å². The van der Waals surface area contributed by atoms with Gasteiger partial charge in [0.2, 0.25) is 0 Å². The second-order valence-electron chi connectivity index (χ2n) is 4.20. The predicted molar refractivity (Wildman–Crippen MR) is 59.4 cm³/mol. The van der Waals surface area contributed by atoms with Gasteiger partial charge in [-0.05, 0) is 37.0 Å². The Morgan fingerprint density at radius 3 is 2.56 bits per heavy atom. The van der Waals surface area contributed by atoms with Crippen LogP contribution in [0, 0.1) is 0 Å². The molecule has 0 unspecified atom stereocenters. The van der Waals surface area contributed by atoms with Gasteiger partial charge in [0, 0.05) is 6.04 Å². The maximum atomic E-state index is 10.7. The zero-order valence-corrected chi connectivity index (χ0v) is 8.89. The summed E-state index contributed by atoms with van der Waals surface area (Å²) in [7, 11) is 0. The van der Waals surface area contributed by atoms with Crippen molar-refractivity contribution in [3.63, 3.8) is 0 Å². The van der Waals surface area contributed by atoms with Crippen LogP contribution in [0.25, 0.3) is 0 Å². The van der Waals surface area contributed by atoms with E-state index in [-0.39, 0.29) is 11.8 Å². The van der Waals surface area contributed by atoms with E-state index >= 15 is 0 Å². The molecule has 1 saturated heterocycles. The standard InChI is InChI=1S/C12H15NO3/c14-10-4-1-8(2-5-10)7-9-3-6-11(13-9)12(15)16/h1-2,4-5,9,11,13-14H,3,6-7H2,(H,15,16)/t9-,11+/m1/s1. The fraction of sp³-hybridized carbons (Fsp3) is 0.417. The van der Waals surface area contributed by atoms with Crippen molar-refractivity contribution in [2.45, 2.75) is 31.3 Å². The average Bonchev–Trinajstić information content (AvgIpc) is 2.70. The van der Waals surface area contributed by atoms with E-state index in [9.17, 15) is 4.79 Å². The number of hydrogen-bond acceptors (Lipinski definition) is 3. The third-order valence-electron chi connectivity index (χ3n) is 2.96. The molecule has 86 valence electrons. The summed E-state index contributed by atoms with van der Waals surface area (Å²) in [5.41, 5.74) is 1.11. The summed E-state index contributed by atoms with van der Waals surface area (Å²) in [4.78, 5) is 10.7. The third kappa shape index (κ3) is 2.52. The van der Waals surface area contributed by atoms with Gasteiger partial charge in [0.25, 0.3) is 0 Å². The molecule has 4 nitrogen and oxygen atoms in total. The summed E-state index contributed by atoms with van der Waals surface area (Å²) in [6, 6.07) is 6.86. The molecule has 1 aliphatic rings. The first-order valence-corrected chi connectivity index (χ1v) is 5.42. The van der Waals surface area contributed by atoms with Crippen LogP contribution in [0.3, 0.4) is 0 Å². The Labute approximate surface area is 93.9 Å². The summed E-state index contributed by atoms with van der Waals surface area (Å²) in [6.07, 6.45) is 2.39. The Bertz CT molecular complexity index is 374. The summed E-state index contributed by atoms with van der Waals surface area (Å²) in [5.74, 6) is -0.514. The molecule has 16 heavy (non-hydrogen) atoms. The van der Waals surface area contributed by atoms with E-state index in [1.54, 1.807) is 12.1 Å². The monoisotopic (exact) mass is 221 g/mol. The molecule has 1 heterocycles. The van der Waals surface area contributed by atoms with Crippen molar-refractivity contribution < 1.29 is 15.0 Å². The van der Waals surface area contributed by atoms with E-state index in [1.807, 2.05) is 12.1 Å². The van der Waals surface area contributed by atoms with Gasteiger partial charge in [0.05, 0.1) is 0 Å². The summed E-state index contributed by atoms with van der Waals surface area (Å²) in [5, 5.41) is 21.1. The zero-order valence-electron chi connectivity index (χ0n) is 8.89. The number of hydrogen-bond donors (Lipinski definition) is 3. The number of aliphatic carboxylic acids is 1. The number of aromatic hydroxyl groups is 1. The molecule has 0 spiro atoms. The number of phenols is 1. The summed E-state index contributed by atoms with van der Waals surface area (Å²) in [6.45, 7) is 0. The van der Waals surface area contributed by atoms with Gasteiger partial charge < -0.3 is 15.5 Å². The molecule has 4 heteroatoms. The van der Waals surface area contributed by atoms with Gasteiger partial charge in [-0.25, -0.2) is 0 Å². The van der Waals surface area contributed by atoms with E-state index in [0.29, 0.717) is 6.42 Å². The molecule has 1 aromatic rings. The van der Waals surface area contributed by atoms with E-state index in [4.69, 9.17) is 10.2 Å². The number of phenolic OH excluding ortho intramolecular Hbond substituents is 1. The average molecular weight is 221 g/mol. The third-order valence-corrected chi connectivity index (χ3v) is 2.96. The number of carboxylic acids is 1. The lowest BCUT2D eigenvalue weighted by Crippen LogP contribution is -2.36. The minimum absolute atomic E-state index is 0.227. The molecule has 3 N–H and O–H groups in total. The van der Waals surface area contributed by atoms with Crippen molar-refractivity contribution in [2.24, 2.45) is 0 Å². The molecule has 0 aromatic heterocycles. The fourth-order valence-corrected chi connectivity index (χ4v) is 2.09. The normalized spacial score (nSPS) is 24.5. The van der Waals surface area contributed by atoms with E-state index in [2.05, 4.69) is 5.32 Å². The van der Waals surface area contributed by atoms with Gasteiger partial charge in [-0.15, -0.1) is 0 Å². The number of benzene rings is 1. The van der Waals surface area contributed by atoms with Crippen LogP contribution in [0.5, 0.6) is 5.75 Å². The highest BCUT2D eigenvalue weighted by atomic mass is 16.4. The summed E-state index contributed by atoms with van der Waals surface area (Å²) >= 11 is 0. The van der Waals surface area contributed by atoms with Gasteiger partial charge >= 0.3 is 5.97 Å². The van der Waals surface area contributed by atoms with Crippen molar-refractivity contribution in [1.29, 1.82) is 0 Å². The van der Waals surface area contributed by atoms with Crippen molar-refractivity contribution >= 4 is 5.97 Å². The molecule has 1 aromatic carbocycles. The first-order chi connectivity index (χ1) is 7.65. The number of carboxylic acid groups (broad SMARTS) is 1. The van der Waals surface area contributed by atoms with Crippen LogP contribution in [-0.2, 0) is 11.2 Å². The highest BCUT2D eigenvalue weighted by Crippen LogP contribution is 2.18. The van der Waals surface area contributed by atoms with Crippen molar-refractivity contribution in [1.82, 2.24) is 5.32 Å². The lowest BCUT2D eigenvalue weighted by Gasteiger charge is -2.11. The number of nitrogens with one attached hydrogen (secondary N) is 1. The first-order valence-electron chi connectivity index (χ1n) is 5.42. The molecule has 0 saturated carbocycles. The SMILES string of the molecule is O=C(O)[C@@H]1CC[C@H](Cc2ccc(O)cc2)N1. The van der Waals surface area contributed by atoms with Crippen LogP contribution >= 0.6 is 0 Å². The van der Waals surface area contributed by atoms with Gasteiger partial charge in [-0.1, -0.05) is 12.1 Å². The van der Waals surface area contributed by atoms with E-state index in [1.165, 1.54) is 0 Å². The minimum atomic E-state index is -0.770. The Kier molecular flexibility index (Phi) is 3.10. The van der Waals surface area contributed by atoms with Gasteiger partial charge in [-0.2, -0.15) is 0 Å². The van der Waals surface area contributed by atoms with Crippen molar-refractivity contribution in [3.05, 3.63) is 29.8 Å². The summed E-state index contributed by atoms with van der Waals surface area (Å²) < 4.78 is 0. The van der Waals surface area contributed by atoms with Crippen molar-refractivity contribution in [2.75, 3.05) is 0 Å². The minimum Gasteiger partial charge on any atom is -0.508 e. The number of rotatable bonds is 3. The second-order valence-corrected chi connectivity index (χ2v) is 4.20. The smallest absolute Gasteiger partial charge is 0.320 e. The second kappa shape index (κ2) is 4.53. The molecule has 0 amide bonds. The van der Waals surface area contributed by atoms with Crippen LogP contribution in [0.15, 0.2) is 24.3 Å². The topological polar surface area (TPSA) is 69.6 Å². The van der Waals surface area contributed by atoms with E-state index in [0.717, 1.165) is 18.4 Å². The fourth-order valence-electron chi connectivity index (χ4n) is 2.09. The maximum absolute atomic E-state index is 10.7. The van der Waals surface area contributed by atoms with Crippen LogP contribution in [0.4, 0.5) is 0 Å². The highest BCUT2D eigenvalue weighted by Gasteiger charge is 2.28. The first kappa shape index (κ1) is 11.0. The van der Waals surface area contributed by atoms with E-state index < -0.39 is 12.0 Å². The molecule has 0 aliphatic carbocycles. The number of carbonyl (C=O) groups is 1. The molecular weight excluding hydrogens is 206 g/mol. The van der Waals surface area contributed by atoms with Crippen molar-refractivity contribution in [3.8, 4) is 5.75 Å². The largest absolute Gasteiger partial charge is 0.508 e. The Balaban J connectivity index is 1.92. The zero-order chi connectivity index (χ0) is 11.5. The van der Waals surface area contributed by atoms with Crippen LogP contribution in [-0.4, -0.2) is 28.3 Å². The lowest BCUT2D eigenvalue weighted by atomic mass is 10.0. The Morgan fingerprint density at radius 1 is 1.31 bits per heavy atom. The maximum Gasteiger partial charge on any atom is 0.320 e. The molecule has 2 rings (SSSR count). The van der Waals surface area contributed by atoms with Crippen LogP contribution in [0.1, 0.15) is 18.4 Å².